The molecule has 0 aliphatic carbocycles. The van der Waals surface area contributed by atoms with Crippen LogP contribution in [-0.2, 0) is 18.1 Å². The van der Waals surface area contributed by atoms with Crippen molar-refractivity contribution >= 4 is 7.82 Å². The highest BCUT2D eigenvalue weighted by Gasteiger charge is 2.24. The fourth-order valence-electron chi connectivity index (χ4n) is 0.383. The topological polar surface area (TPSA) is 65.0 Å². The van der Waals surface area contributed by atoms with E-state index in [4.69, 9.17) is 9.63 Å². The Morgan fingerprint density at radius 3 is 1.92 bits per heavy atom. The van der Waals surface area contributed by atoms with E-state index in [2.05, 4.69) is 9.05 Å². The van der Waals surface area contributed by atoms with Gasteiger partial charge in [-0.1, -0.05) is 0 Å². The zero-order chi connectivity index (χ0) is 9.78. The van der Waals surface area contributed by atoms with Crippen molar-refractivity contribution in [2.24, 2.45) is 0 Å². The van der Waals surface area contributed by atoms with Crippen molar-refractivity contribution in [2.75, 3.05) is 14.2 Å². The van der Waals surface area contributed by atoms with Gasteiger partial charge in [0.2, 0.25) is 0 Å². The van der Waals surface area contributed by atoms with E-state index in [1.807, 2.05) is 0 Å². The van der Waals surface area contributed by atoms with E-state index in [0.717, 1.165) is 0 Å². The van der Waals surface area contributed by atoms with E-state index in [9.17, 15) is 4.57 Å². The predicted molar refractivity (Wildman–Crippen MR) is 43.7 cm³/mol. The van der Waals surface area contributed by atoms with E-state index in [0.29, 0.717) is 0 Å². The Morgan fingerprint density at radius 2 is 1.67 bits per heavy atom. The average Bonchev–Trinajstić information content (AvgIpc) is 2.04. The lowest BCUT2D eigenvalue weighted by molar-refractivity contribution is 0.177. The van der Waals surface area contributed by atoms with Crippen LogP contribution < -0.4 is 0 Å². The minimum Gasteiger partial charge on any atom is -0.509 e. The van der Waals surface area contributed by atoms with Gasteiger partial charge in [0.15, 0.2) is 0 Å². The van der Waals surface area contributed by atoms with Crippen LogP contribution >= 0.6 is 7.82 Å². The van der Waals surface area contributed by atoms with Crippen LogP contribution in [0.4, 0.5) is 0 Å². The van der Waals surface area contributed by atoms with Crippen molar-refractivity contribution in [1.82, 2.24) is 0 Å². The Hall–Kier alpha value is -0.510. The first-order valence-corrected chi connectivity index (χ1v) is 4.69. The Bertz CT molecular complexity index is 210. The Labute approximate surface area is 71.6 Å². The van der Waals surface area contributed by atoms with Crippen LogP contribution in [0.2, 0.25) is 0 Å². The largest absolute Gasteiger partial charge is 0.529 e. The molecule has 1 N–H and O–H groups in total. The molecule has 0 radical (unpaired) electrons. The van der Waals surface area contributed by atoms with Crippen LogP contribution in [0.1, 0.15) is 13.8 Å². The summed E-state index contributed by atoms with van der Waals surface area (Å²) < 4.78 is 24.9. The van der Waals surface area contributed by atoms with Gasteiger partial charge in [0.05, 0.1) is 0 Å². The van der Waals surface area contributed by atoms with Crippen molar-refractivity contribution in [2.45, 2.75) is 13.8 Å². The first-order valence-electron chi connectivity index (χ1n) is 3.22. The van der Waals surface area contributed by atoms with E-state index in [1.54, 1.807) is 0 Å². The van der Waals surface area contributed by atoms with Crippen molar-refractivity contribution in [1.29, 1.82) is 0 Å². The summed E-state index contributed by atoms with van der Waals surface area (Å²) in [6, 6.07) is 0. The lowest BCUT2D eigenvalue weighted by Crippen LogP contribution is -1.95. The normalized spacial score (nSPS) is 14.0. The lowest BCUT2D eigenvalue weighted by atomic mass is 10.5. The molecule has 0 aromatic heterocycles. The molecule has 72 valence electrons. The predicted octanol–water partition coefficient (Wildman–Crippen LogP) is 2.21. The first kappa shape index (κ1) is 11.5. The third-order valence-corrected chi connectivity index (χ3v) is 2.60. The minimum atomic E-state index is -3.51. The second-order valence-electron chi connectivity index (χ2n) is 2.05. The van der Waals surface area contributed by atoms with Gasteiger partial charge >= 0.3 is 7.82 Å². The van der Waals surface area contributed by atoms with Gasteiger partial charge < -0.3 is 9.63 Å². The summed E-state index contributed by atoms with van der Waals surface area (Å²) in [6.45, 7) is 2.87. The molecule has 0 fully saturated rings. The standard InChI is InChI=1S/C6H13O5P/c1-5(7)6(2)11-12(8,9-3)10-4/h7H,1-4H3/b6-5-. The van der Waals surface area contributed by atoms with Gasteiger partial charge in [0.1, 0.15) is 11.5 Å². The van der Waals surface area contributed by atoms with Gasteiger partial charge in [0.25, 0.3) is 0 Å². The van der Waals surface area contributed by atoms with Crippen LogP contribution in [0.25, 0.3) is 0 Å². The molecule has 0 unspecified atom stereocenters. The van der Waals surface area contributed by atoms with Crippen LogP contribution in [0.5, 0.6) is 0 Å². The summed E-state index contributed by atoms with van der Waals surface area (Å²) in [5.74, 6) is 0.0476. The molecule has 0 spiro atoms. The number of rotatable bonds is 4. The molecule has 0 amide bonds. The molecule has 12 heavy (non-hydrogen) atoms. The number of allylic oxidation sites excluding steroid dienone is 2. The number of aliphatic hydroxyl groups is 1. The maximum atomic E-state index is 11.3. The first-order chi connectivity index (χ1) is 5.45. The van der Waals surface area contributed by atoms with Gasteiger partial charge in [-0.25, -0.2) is 4.57 Å². The summed E-state index contributed by atoms with van der Waals surface area (Å²) in [5, 5.41) is 8.90. The monoisotopic (exact) mass is 196 g/mol. The molecule has 0 aromatic carbocycles. The van der Waals surface area contributed by atoms with E-state index in [-0.39, 0.29) is 11.5 Å². The molecule has 0 saturated heterocycles. The summed E-state index contributed by atoms with van der Waals surface area (Å²) >= 11 is 0. The Balaban J connectivity index is 4.43. The molecule has 0 saturated carbocycles. The second-order valence-corrected chi connectivity index (χ2v) is 3.85. The molecule has 0 rings (SSSR count). The number of phosphoric ester groups is 1. The molecule has 0 aliphatic heterocycles. The highest BCUT2D eigenvalue weighted by atomic mass is 31.2. The molecular formula is C6H13O5P. The fourth-order valence-corrected chi connectivity index (χ4v) is 1.15. The number of hydrogen-bond acceptors (Lipinski definition) is 5. The minimum absolute atomic E-state index is 0.0654. The van der Waals surface area contributed by atoms with Crippen molar-refractivity contribution < 1.29 is 23.2 Å². The fraction of sp³-hybridized carbons (Fsp3) is 0.667. The van der Waals surface area contributed by atoms with Gasteiger partial charge in [-0.2, -0.15) is 0 Å². The summed E-state index contributed by atoms with van der Waals surface area (Å²) in [7, 11) is -1.11. The van der Waals surface area contributed by atoms with Crippen LogP contribution in [-0.4, -0.2) is 19.3 Å². The highest BCUT2D eigenvalue weighted by molar-refractivity contribution is 7.48. The number of phosphoric acid groups is 1. The Kier molecular flexibility index (Phi) is 4.31. The van der Waals surface area contributed by atoms with E-state index >= 15 is 0 Å². The van der Waals surface area contributed by atoms with Gasteiger partial charge in [-0.15, -0.1) is 0 Å². The smallest absolute Gasteiger partial charge is 0.509 e. The van der Waals surface area contributed by atoms with E-state index < -0.39 is 7.82 Å². The zero-order valence-electron chi connectivity index (χ0n) is 7.53. The zero-order valence-corrected chi connectivity index (χ0v) is 8.42. The average molecular weight is 196 g/mol. The van der Waals surface area contributed by atoms with Gasteiger partial charge in [0, 0.05) is 14.2 Å². The molecule has 0 bridgehead atoms. The van der Waals surface area contributed by atoms with E-state index in [1.165, 1.54) is 28.1 Å². The molecule has 0 atom stereocenters. The number of aliphatic hydroxyl groups excluding tert-OH is 1. The molecule has 0 aliphatic rings. The molecule has 0 aromatic rings. The highest BCUT2D eigenvalue weighted by Crippen LogP contribution is 2.49. The maximum absolute atomic E-state index is 11.3. The van der Waals surface area contributed by atoms with Crippen LogP contribution in [0.3, 0.4) is 0 Å². The molecular weight excluding hydrogens is 183 g/mol. The van der Waals surface area contributed by atoms with Crippen LogP contribution in [0, 0.1) is 0 Å². The lowest BCUT2D eigenvalue weighted by Gasteiger charge is -2.14. The van der Waals surface area contributed by atoms with Crippen molar-refractivity contribution in [3.8, 4) is 0 Å². The molecule has 6 heteroatoms. The molecule has 0 heterocycles. The van der Waals surface area contributed by atoms with Crippen LogP contribution in [0.15, 0.2) is 11.5 Å². The van der Waals surface area contributed by atoms with Gasteiger partial charge in [-0.05, 0) is 13.8 Å². The summed E-state index contributed by atoms with van der Waals surface area (Å²) in [4.78, 5) is 0. The maximum Gasteiger partial charge on any atom is 0.529 e. The third-order valence-electron chi connectivity index (χ3n) is 1.21. The summed E-state index contributed by atoms with van der Waals surface area (Å²) in [6.07, 6.45) is 0. The van der Waals surface area contributed by atoms with Gasteiger partial charge in [-0.3, -0.25) is 9.05 Å². The number of hydrogen-bond donors (Lipinski definition) is 1. The van der Waals surface area contributed by atoms with Crippen molar-refractivity contribution in [3.63, 3.8) is 0 Å². The van der Waals surface area contributed by atoms with Crippen molar-refractivity contribution in [3.05, 3.63) is 11.5 Å². The summed E-state index contributed by atoms with van der Waals surface area (Å²) in [5.41, 5.74) is 0. The molecule has 5 nitrogen and oxygen atoms in total. The Morgan fingerprint density at radius 1 is 1.25 bits per heavy atom. The second kappa shape index (κ2) is 4.50. The quantitative estimate of drug-likeness (QED) is 0.551. The third kappa shape index (κ3) is 3.26. The SMILES string of the molecule is COP(=O)(OC)O/C(C)=C(/C)O.